The number of ether oxygens (including phenoxy) is 1. The smallest absolute Gasteiger partial charge is 0.407 e. The van der Waals surface area contributed by atoms with Gasteiger partial charge in [0.15, 0.2) is 0 Å². The minimum atomic E-state index is -0.399. The van der Waals surface area contributed by atoms with Crippen LogP contribution in [0.2, 0.25) is 0 Å². The highest BCUT2D eigenvalue weighted by Crippen LogP contribution is 2.00. The summed E-state index contributed by atoms with van der Waals surface area (Å²) in [6, 6.07) is 9.66. The second-order valence-corrected chi connectivity index (χ2v) is 3.75. The minimum Gasteiger partial charge on any atom is -0.445 e. The molecule has 1 unspecified atom stereocenters. The summed E-state index contributed by atoms with van der Waals surface area (Å²) in [5.74, 6) is 0. The summed E-state index contributed by atoms with van der Waals surface area (Å²) in [7, 11) is 0. The molecule has 5 heteroatoms. The molecule has 1 atom stereocenters. The van der Waals surface area contributed by atoms with Gasteiger partial charge in [-0.05, 0) is 18.9 Å². The Bertz CT molecular complexity index is 318. The zero-order valence-electron chi connectivity index (χ0n) is 9.89. The first-order chi connectivity index (χ1) is 7.68. The van der Waals surface area contributed by atoms with Gasteiger partial charge < -0.3 is 15.8 Å². The third-order valence-electron chi connectivity index (χ3n) is 2.08. The molecule has 0 aliphatic carbocycles. The lowest BCUT2D eigenvalue weighted by atomic mass is 10.2. The van der Waals surface area contributed by atoms with E-state index >= 15 is 0 Å². The molecule has 0 saturated carbocycles. The Morgan fingerprint density at radius 2 is 2.06 bits per heavy atom. The van der Waals surface area contributed by atoms with E-state index in [0.29, 0.717) is 13.2 Å². The lowest BCUT2D eigenvalue weighted by Crippen LogP contribution is -2.29. The molecule has 0 saturated heterocycles. The predicted octanol–water partition coefficient (Wildman–Crippen LogP) is 2.07. The van der Waals surface area contributed by atoms with Crippen LogP contribution in [-0.4, -0.2) is 18.7 Å². The normalized spacial score (nSPS) is 11.2. The number of nitrogens with two attached hydrogens (primary N) is 1. The van der Waals surface area contributed by atoms with E-state index in [9.17, 15) is 4.79 Å². The standard InChI is InChI=1S/C12H18N2O2.ClH/c1-10(13)7-8-14-12(15)16-9-11-5-3-2-4-6-11;/h2-6,10H,7-9,13H2,1H3,(H,14,15);1H. The largest absolute Gasteiger partial charge is 0.445 e. The van der Waals surface area contributed by atoms with Crippen LogP contribution in [0.25, 0.3) is 0 Å². The average Bonchev–Trinajstić information content (AvgIpc) is 2.27. The van der Waals surface area contributed by atoms with E-state index in [4.69, 9.17) is 10.5 Å². The van der Waals surface area contributed by atoms with Crippen LogP contribution >= 0.6 is 12.4 Å². The maximum atomic E-state index is 11.2. The van der Waals surface area contributed by atoms with Crippen LogP contribution in [0.4, 0.5) is 4.79 Å². The van der Waals surface area contributed by atoms with E-state index < -0.39 is 6.09 Å². The third-order valence-corrected chi connectivity index (χ3v) is 2.08. The molecule has 0 radical (unpaired) electrons. The maximum absolute atomic E-state index is 11.2. The predicted molar refractivity (Wildman–Crippen MR) is 70.1 cm³/mol. The van der Waals surface area contributed by atoms with Crippen LogP contribution in [0, 0.1) is 0 Å². The van der Waals surface area contributed by atoms with Crippen LogP contribution in [0.15, 0.2) is 30.3 Å². The molecule has 0 spiro atoms. The number of halogens is 1. The van der Waals surface area contributed by atoms with Crippen molar-refractivity contribution in [2.24, 2.45) is 5.73 Å². The fourth-order valence-corrected chi connectivity index (χ4v) is 1.18. The Hall–Kier alpha value is -1.26. The fraction of sp³-hybridized carbons (Fsp3) is 0.417. The third kappa shape index (κ3) is 7.60. The molecule has 3 N–H and O–H groups in total. The van der Waals surface area contributed by atoms with Gasteiger partial charge in [-0.2, -0.15) is 0 Å². The summed E-state index contributed by atoms with van der Waals surface area (Å²) in [4.78, 5) is 11.2. The quantitative estimate of drug-likeness (QED) is 0.850. The van der Waals surface area contributed by atoms with Crippen molar-refractivity contribution in [2.45, 2.75) is 26.0 Å². The molecule has 1 amide bonds. The molecule has 0 bridgehead atoms. The summed E-state index contributed by atoms with van der Waals surface area (Å²) in [5, 5.41) is 2.64. The summed E-state index contributed by atoms with van der Waals surface area (Å²) in [6.07, 6.45) is 0.352. The number of alkyl carbamates (subject to hydrolysis) is 1. The Morgan fingerprint density at radius 3 is 2.65 bits per heavy atom. The monoisotopic (exact) mass is 258 g/mol. The van der Waals surface area contributed by atoms with Gasteiger partial charge in [-0.15, -0.1) is 12.4 Å². The summed E-state index contributed by atoms with van der Waals surface area (Å²) in [6.45, 7) is 2.74. The van der Waals surface area contributed by atoms with Crippen molar-refractivity contribution in [2.75, 3.05) is 6.54 Å². The number of hydrogen-bond donors (Lipinski definition) is 2. The van der Waals surface area contributed by atoms with E-state index in [2.05, 4.69) is 5.32 Å². The molecule has 1 aromatic rings. The Labute approximate surface area is 108 Å². The zero-order chi connectivity index (χ0) is 11.8. The summed E-state index contributed by atoms with van der Waals surface area (Å²) >= 11 is 0. The Balaban J connectivity index is 0.00000256. The molecular formula is C12H19ClN2O2. The van der Waals surface area contributed by atoms with Gasteiger partial charge >= 0.3 is 6.09 Å². The number of carbonyl (C=O) groups excluding carboxylic acids is 1. The Morgan fingerprint density at radius 1 is 1.41 bits per heavy atom. The van der Waals surface area contributed by atoms with Gasteiger partial charge in [-0.3, -0.25) is 0 Å². The molecule has 0 aromatic heterocycles. The van der Waals surface area contributed by atoms with Crippen molar-refractivity contribution in [3.63, 3.8) is 0 Å². The van der Waals surface area contributed by atoms with Crippen LogP contribution in [0.3, 0.4) is 0 Å². The van der Waals surface area contributed by atoms with Crippen molar-refractivity contribution in [3.8, 4) is 0 Å². The number of benzene rings is 1. The van der Waals surface area contributed by atoms with Crippen molar-refractivity contribution in [1.82, 2.24) is 5.32 Å². The number of hydrogen-bond acceptors (Lipinski definition) is 3. The average molecular weight is 259 g/mol. The lowest BCUT2D eigenvalue weighted by molar-refractivity contribution is 0.139. The molecule has 0 aliphatic rings. The number of rotatable bonds is 5. The van der Waals surface area contributed by atoms with Crippen LogP contribution in [-0.2, 0) is 11.3 Å². The highest BCUT2D eigenvalue weighted by atomic mass is 35.5. The van der Waals surface area contributed by atoms with Gasteiger partial charge in [0.25, 0.3) is 0 Å². The summed E-state index contributed by atoms with van der Waals surface area (Å²) in [5.41, 5.74) is 6.53. The number of amides is 1. The van der Waals surface area contributed by atoms with E-state index in [1.807, 2.05) is 37.3 Å². The molecule has 1 rings (SSSR count). The van der Waals surface area contributed by atoms with Crippen molar-refractivity contribution in [3.05, 3.63) is 35.9 Å². The first-order valence-electron chi connectivity index (χ1n) is 5.38. The van der Waals surface area contributed by atoms with Gasteiger partial charge in [0.1, 0.15) is 6.61 Å². The molecular weight excluding hydrogens is 240 g/mol. The van der Waals surface area contributed by atoms with Crippen molar-refractivity contribution in [1.29, 1.82) is 0 Å². The molecule has 0 fully saturated rings. The van der Waals surface area contributed by atoms with Gasteiger partial charge in [0.2, 0.25) is 0 Å². The van der Waals surface area contributed by atoms with E-state index in [0.717, 1.165) is 12.0 Å². The highest BCUT2D eigenvalue weighted by Gasteiger charge is 2.02. The first-order valence-corrected chi connectivity index (χ1v) is 5.38. The van der Waals surface area contributed by atoms with Crippen LogP contribution in [0.1, 0.15) is 18.9 Å². The first kappa shape index (κ1) is 15.7. The number of carbonyl (C=O) groups is 1. The van der Waals surface area contributed by atoms with Crippen molar-refractivity contribution >= 4 is 18.5 Å². The zero-order valence-corrected chi connectivity index (χ0v) is 10.7. The summed E-state index contributed by atoms with van der Waals surface area (Å²) < 4.78 is 5.02. The highest BCUT2D eigenvalue weighted by molar-refractivity contribution is 5.85. The molecule has 0 aliphatic heterocycles. The topological polar surface area (TPSA) is 64.3 Å². The number of nitrogens with one attached hydrogen (secondary N) is 1. The fourth-order valence-electron chi connectivity index (χ4n) is 1.18. The van der Waals surface area contributed by atoms with Gasteiger partial charge in [0, 0.05) is 12.6 Å². The van der Waals surface area contributed by atoms with Crippen LogP contribution in [0.5, 0.6) is 0 Å². The van der Waals surface area contributed by atoms with E-state index in [1.54, 1.807) is 0 Å². The molecule has 96 valence electrons. The van der Waals surface area contributed by atoms with Crippen LogP contribution < -0.4 is 11.1 Å². The molecule has 1 aromatic carbocycles. The van der Waals surface area contributed by atoms with Crippen molar-refractivity contribution < 1.29 is 9.53 Å². The van der Waals surface area contributed by atoms with E-state index in [1.165, 1.54) is 0 Å². The minimum absolute atomic E-state index is 0. The Kier molecular flexibility index (Phi) is 8.19. The molecule has 4 nitrogen and oxygen atoms in total. The lowest BCUT2D eigenvalue weighted by Gasteiger charge is -2.08. The maximum Gasteiger partial charge on any atom is 0.407 e. The molecule has 0 heterocycles. The molecule has 17 heavy (non-hydrogen) atoms. The SMILES string of the molecule is CC(N)CCNC(=O)OCc1ccccc1.Cl. The van der Waals surface area contributed by atoms with E-state index in [-0.39, 0.29) is 18.4 Å². The second kappa shape index (κ2) is 8.84. The van der Waals surface area contributed by atoms with Gasteiger partial charge in [-0.1, -0.05) is 30.3 Å². The van der Waals surface area contributed by atoms with Gasteiger partial charge in [0.05, 0.1) is 0 Å². The second-order valence-electron chi connectivity index (χ2n) is 3.75. The van der Waals surface area contributed by atoms with Gasteiger partial charge in [-0.25, -0.2) is 4.79 Å².